The van der Waals surface area contributed by atoms with Gasteiger partial charge in [-0.2, -0.15) is 4.79 Å². The number of carbonyl (C=O) groups excluding carboxylic acids is 1. The standard InChI is InChI=1S/C7H12N2O2/c1-4-7(2,3)11-6(10)5-9-8/h5H,4H2,1-3H3. The summed E-state index contributed by atoms with van der Waals surface area (Å²) in [5, 5.41) is 0. The number of ether oxygens (including phenoxy) is 1. The first-order chi connectivity index (χ1) is 5.02. The van der Waals surface area contributed by atoms with E-state index in [2.05, 4.69) is 4.79 Å². The molecular formula is C7H12N2O2. The van der Waals surface area contributed by atoms with Crippen LogP contribution in [0.15, 0.2) is 0 Å². The van der Waals surface area contributed by atoms with Crippen molar-refractivity contribution in [2.24, 2.45) is 0 Å². The first kappa shape index (κ1) is 9.85. The van der Waals surface area contributed by atoms with Crippen LogP contribution in [0.4, 0.5) is 0 Å². The van der Waals surface area contributed by atoms with Crippen LogP contribution in [-0.2, 0) is 9.53 Å². The van der Waals surface area contributed by atoms with Gasteiger partial charge in [0.1, 0.15) is 5.60 Å². The van der Waals surface area contributed by atoms with Crippen LogP contribution < -0.4 is 0 Å². The Morgan fingerprint density at radius 1 is 1.73 bits per heavy atom. The van der Waals surface area contributed by atoms with E-state index in [1.165, 1.54) is 0 Å². The molecule has 0 unspecified atom stereocenters. The summed E-state index contributed by atoms with van der Waals surface area (Å²) in [6, 6.07) is 0. The van der Waals surface area contributed by atoms with Crippen LogP contribution in [0.5, 0.6) is 0 Å². The third kappa shape index (κ3) is 4.28. The fourth-order valence-corrected chi connectivity index (χ4v) is 0.418. The fourth-order valence-electron chi connectivity index (χ4n) is 0.418. The van der Waals surface area contributed by atoms with E-state index in [1.807, 2.05) is 6.92 Å². The van der Waals surface area contributed by atoms with E-state index in [0.717, 1.165) is 12.6 Å². The van der Waals surface area contributed by atoms with E-state index < -0.39 is 11.6 Å². The molecule has 0 atom stereocenters. The van der Waals surface area contributed by atoms with Crippen molar-refractivity contribution >= 4 is 12.2 Å². The minimum absolute atomic E-state index is 0.488. The Labute approximate surface area is 65.8 Å². The van der Waals surface area contributed by atoms with Crippen molar-refractivity contribution in [3.05, 3.63) is 5.53 Å². The second-order valence-corrected chi connectivity index (χ2v) is 2.78. The summed E-state index contributed by atoms with van der Waals surface area (Å²) in [4.78, 5) is 13.2. The van der Waals surface area contributed by atoms with Gasteiger partial charge in [-0.25, -0.2) is 4.79 Å². The minimum atomic E-state index is -0.626. The van der Waals surface area contributed by atoms with E-state index in [0.29, 0.717) is 0 Å². The molecule has 11 heavy (non-hydrogen) atoms. The summed E-state index contributed by atoms with van der Waals surface area (Å²) >= 11 is 0. The Morgan fingerprint density at radius 3 is 2.64 bits per heavy atom. The lowest BCUT2D eigenvalue weighted by Crippen LogP contribution is -2.27. The van der Waals surface area contributed by atoms with Gasteiger partial charge < -0.3 is 10.3 Å². The zero-order valence-corrected chi connectivity index (χ0v) is 7.00. The summed E-state index contributed by atoms with van der Waals surface area (Å²) < 4.78 is 4.88. The topological polar surface area (TPSA) is 62.7 Å². The molecule has 0 spiro atoms. The van der Waals surface area contributed by atoms with Crippen molar-refractivity contribution in [1.29, 1.82) is 0 Å². The molecule has 0 heterocycles. The Bertz CT molecular complexity index is 193. The third-order valence-corrected chi connectivity index (χ3v) is 1.39. The lowest BCUT2D eigenvalue weighted by atomic mass is 10.1. The lowest BCUT2D eigenvalue weighted by Gasteiger charge is -2.20. The van der Waals surface area contributed by atoms with Crippen LogP contribution in [-0.4, -0.2) is 22.6 Å². The van der Waals surface area contributed by atoms with Crippen molar-refractivity contribution in [2.45, 2.75) is 32.8 Å². The number of nitrogens with zero attached hydrogens (tertiary/aromatic N) is 2. The van der Waals surface area contributed by atoms with Gasteiger partial charge in [0, 0.05) is 0 Å². The van der Waals surface area contributed by atoms with Gasteiger partial charge in [-0.1, -0.05) is 6.92 Å². The number of esters is 1. The molecule has 0 aromatic heterocycles. The van der Waals surface area contributed by atoms with Crippen molar-refractivity contribution in [3.63, 3.8) is 0 Å². The number of hydrogen-bond donors (Lipinski definition) is 0. The summed E-state index contributed by atoms with van der Waals surface area (Å²) in [6.07, 6.45) is 1.45. The number of rotatable bonds is 3. The van der Waals surface area contributed by atoms with E-state index in [-0.39, 0.29) is 0 Å². The molecular weight excluding hydrogens is 144 g/mol. The molecule has 4 heteroatoms. The van der Waals surface area contributed by atoms with Crippen LogP contribution in [0.25, 0.3) is 5.53 Å². The maximum atomic E-state index is 10.7. The van der Waals surface area contributed by atoms with Gasteiger partial charge >= 0.3 is 12.2 Å². The van der Waals surface area contributed by atoms with Crippen molar-refractivity contribution < 1.29 is 14.3 Å². The second kappa shape index (κ2) is 3.88. The Hall–Kier alpha value is -1.15. The first-order valence-corrected chi connectivity index (χ1v) is 3.42. The highest BCUT2D eigenvalue weighted by Crippen LogP contribution is 2.12. The monoisotopic (exact) mass is 156 g/mol. The molecule has 0 N–H and O–H groups in total. The van der Waals surface area contributed by atoms with Gasteiger partial charge in [0.2, 0.25) is 0 Å². The Balaban J connectivity index is 4.03. The van der Waals surface area contributed by atoms with Gasteiger partial charge in [0.05, 0.1) is 0 Å². The number of hydrogen-bond acceptors (Lipinski definition) is 2. The molecule has 0 aromatic rings. The van der Waals surface area contributed by atoms with Gasteiger partial charge in [-0.3, -0.25) is 0 Å². The van der Waals surface area contributed by atoms with E-state index in [1.54, 1.807) is 13.8 Å². The van der Waals surface area contributed by atoms with E-state index in [9.17, 15) is 4.79 Å². The molecule has 0 radical (unpaired) electrons. The van der Waals surface area contributed by atoms with Crippen molar-refractivity contribution in [2.75, 3.05) is 0 Å². The minimum Gasteiger partial charge on any atom is -0.451 e. The predicted octanol–water partition coefficient (Wildman–Crippen LogP) is 1.02. The Morgan fingerprint density at radius 2 is 2.27 bits per heavy atom. The maximum Gasteiger partial charge on any atom is 0.414 e. The molecule has 0 rings (SSSR count). The average molecular weight is 156 g/mol. The second-order valence-electron chi connectivity index (χ2n) is 2.78. The smallest absolute Gasteiger partial charge is 0.414 e. The quantitative estimate of drug-likeness (QED) is 0.265. The van der Waals surface area contributed by atoms with Crippen molar-refractivity contribution in [1.82, 2.24) is 0 Å². The number of carbonyl (C=O) groups is 1. The van der Waals surface area contributed by atoms with Crippen LogP contribution in [0.2, 0.25) is 0 Å². The van der Waals surface area contributed by atoms with Crippen LogP contribution in [0.1, 0.15) is 27.2 Å². The van der Waals surface area contributed by atoms with E-state index in [4.69, 9.17) is 10.3 Å². The van der Waals surface area contributed by atoms with Gasteiger partial charge in [0.25, 0.3) is 0 Å². The molecule has 0 aliphatic carbocycles. The highest BCUT2D eigenvalue weighted by molar-refractivity contribution is 6.20. The molecule has 0 saturated carbocycles. The SMILES string of the molecule is CCC(C)(C)OC(=O)C=[N+]=[N-]. The zero-order valence-electron chi connectivity index (χ0n) is 7.00. The van der Waals surface area contributed by atoms with Crippen LogP contribution in [0, 0.1) is 0 Å². The highest BCUT2D eigenvalue weighted by atomic mass is 16.6. The highest BCUT2D eigenvalue weighted by Gasteiger charge is 2.20. The molecule has 0 fully saturated rings. The van der Waals surface area contributed by atoms with Gasteiger partial charge in [-0.05, 0) is 20.3 Å². The summed E-state index contributed by atoms with van der Waals surface area (Å²) in [5.74, 6) is -0.626. The predicted molar refractivity (Wildman–Crippen MR) is 40.1 cm³/mol. The van der Waals surface area contributed by atoms with E-state index >= 15 is 0 Å². The lowest BCUT2D eigenvalue weighted by molar-refractivity contribution is -0.151. The zero-order chi connectivity index (χ0) is 8.91. The van der Waals surface area contributed by atoms with Crippen molar-refractivity contribution in [3.8, 4) is 0 Å². The Kier molecular flexibility index (Phi) is 3.48. The molecule has 0 aliphatic rings. The summed E-state index contributed by atoms with van der Waals surface area (Å²) in [6.45, 7) is 5.48. The summed E-state index contributed by atoms with van der Waals surface area (Å²) in [5.41, 5.74) is 7.49. The normalized spacial score (nSPS) is 10.1. The molecule has 0 saturated heterocycles. The third-order valence-electron chi connectivity index (χ3n) is 1.39. The molecule has 0 bridgehead atoms. The van der Waals surface area contributed by atoms with Gasteiger partial charge in [0.15, 0.2) is 0 Å². The fraction of sp³-hybridized carbons (Fsp3) is 0.714. The van der Waals surface area contributed by atoms with Gasteiger partial charge in [-0.15, -0.1) is 0 Å². The molecule has 0 aromatic carbocycles. The largest absolute Gasteiger partial charge is 0.451 e. The van der Waals surface area contributed by atoms with Crippen LogP contribution >= 0.6 is 0 Å². The maximum absolute atomic E-state index is 10.7. The molecule has 4 nitrogen and oxygen atoms in total. The summed E-state index contributed by atoms with van der Waals surface area (Å²) in [7, 11) is 0. The first-order valence-electron chi connectivity index (χ1n) is 3.42. The molecule has 0 amide bonds. The van der Waals surface area contributed by atoms with Crippen LogP contribution in [0.3, 0.4) is 0 Å². The molecule has 62 valence electrons. The average Bonchev–Trinajstić information content (AvgIpc) is 1.87. The molecule has 0 aliphatic heterocycles.